The second-order valence-corrected chi connectivity index (χ2v) is 3.96. The second-order valence-electron chi connectivity index (χ2n) is 3.96. The van der Waals surface area contributed by atoms with E-state index >= 15 is 0 Å². The van der Waals surface area contributed by atoms with Crippen LogP contribution < -0.4 is 0 Å². The molecule has 14 heavy (non-hydrogen) atoms. The predicted molar refractivity (Wildman–Crippen MR) is 52.5 cm³/mol. The van der Waals surface area contributed by atoms with Crippen molar-refractivity contribution in [3.05, 3.63) is 12.7 Å². The first-order valence-corrected chi connectivity index (χ1v) is 4.89. The normalized spacial score (nSPS) is 21.1. The van der Waals surface area contributed by atoms with Crippen molar-refractivity contribution in [1.82, 2.24) is 0 Å². The molecule has 1 fully saturated rings. The van der Waals surface area contributed by atoms with Gasteiger partial charge in [0.05, 0.1) is 6.07 Å². The van der Waals surface area contributed by atoms with Crippen LogP contribution in [0.15, 0.2) is 12.7 Å². The van der Waals surface area contributed by atoms with Crippen LogP contribution in [0.4, 0.5) is 0 Å². The Bertz CT molecular complexity index is 272. The summed E-state index contributed by atoms with van der Waals surface area (Å²) in [6.07, 6.45) is 6.10. The van der Waals surface area contributed by atoms with Crippen molar-refractivity contribution in [3.63, 3.8) is 0 Å². The first kappa shape index (κ1) is 10.8. The summed E-state index contributed by atoms with van der Waals surface area (Å²) in [6.45, 7) is 3.64. The van der Waals surface area contributed by atoms with E-state index in [-0.39, 0.29) is 5.41 Å². The topological polar surface area (TPSA) is 61.1 Å². The third-order valence-corrected chi connectivity index (χ3v) is 3.14. The molecule has 0 aromatic carbocycles. The zero-order valence-corrected chi connectivity index (χ0v) is 8.20. The van der Waals surface area contributed by atoms with Crippen LogP contribution in [-0.2, 0) is 4.79 Å². The van der Waals surface area contributed by atoms with Gasteiger partial charge in [0.25, 0.3) is 0 Å². The van der Waals surface area contributed by atoms with E-state index in [0.717, 1.165) is 25.7 Å². The molecule has 0 radical (unpaired) electrons. The molecule has 0 amide bonds. The van der Waals surface area contributed by atoms with Gasteiger partial charge in [0.2, 0.25) is 0 Å². The van der Waals surface area contributed by atoms with E-state index in [1.807, 2.05) is 6.07 Å². The highest BCUT2D eigenvalue weighted by molar-refractivity contribution is 5.74. The molecule has 0 aromatic rings. The highest BCUT2D eigenvalue weighted by Crippen LogP contribution is 2.47. The minimum absolute atomic E-state index is 0.345. The van der Waals surface area contributed by atoms with Crippen LogP contribution >= 0.6 is 0 Å². The second kappa shape index (κ2) is 4.28. The van der Waals surface area contributed by atoms with Crippen LogP contribution in [0.2, 0.25) is 0 Å². The maximum Gasteiger partial charge on any atom is 0.321 e. The van der Waals surface area contributed by atoms with E-state index in [1.165, 1.54) is 0 Å². The summed E-state index contributed by atoms with van der Waals surface area (Å²) in [6, 6.07) is 1.92. The van der Waals surface area contributed by atoms with Crippen LogP contribution in [0, 0.1) is 22.7 Å². The Morgan fingerprint density at radius 3 is 2.57 bits per heavy atom. The van der Waals surface area contributed by atoms with E-state index in [0.29, 0.717) is 6.42 Å². The number of carboxylic acid groups (broad SMARTS) is 1. The first-order chi connectivity index (χ1) is 6.66. The third kappa shape index (κ3) is 1.79. The molecule has 3 nitrogen and oxygen atoms in total. The minimum Gasteiger partial charge on any atom is -0.480 e. The SMILES string of the molecule is C=CCC1(C(C#N)C(=O)O)CCCC1. The van der Waals surface area contributed by atoms with Crippen molar-refractivity contribution in [2.75, 3.05) is 0 Å². The molecule has 0 heterocycles. The Morgan fingerprint density at radius 1 is 1.64 bits per heavy atom. The van der Waals surface area contributed by atoms with Crippen molar-refractivity contribution in [2.24, 2.45) is 11.3 Å². The van der Waals surface area contributed by atoms with Gasteiger partial charge in [-0.3, -0.25) is 4.79 Å². The lowest BCUT2D eigenvalue weighted by Crippen LogP contribution is -2.32. The average molecular weight is 193 g/mol. The van der Waals surface area contributed by atoms with Gasteiger partial charge in [-0.1, -0.05) is 18.9 Å². The Morgan fingerprint density at radius 2 is 2.21 bits per heavy atom. The molecule has 1 atom stereocenters. The largest absolute Gasteiger partial charge is 0.480 e. The highest BCUT2D eigenvalue weighted by atomic mass is 16.4. The Kier molecular flexibility index (Phi) is 3.29. The van der Waals surface area contributed by atoms with Crippen LogP contribution in [0.1, 0.15) is 32.1 Å². The monoisotopic (exact) mass is 193 g/mol. The number of carboxylic acids is 1. The molecule has 1 N–H and O–H groups in total. The lowest BCUT2D eigenvalue weighted by molar-refractivity contribution is -0.143. The van der Waals surface area contributed by atoms with E-state index in [9.17, 15) is 4.79 Å². The summed E-state index contributed by atoms with van der Waals surface area (Å²) in [5.41, 5.74) is -0.345. The third-order valence-electron chi connectivity index (χ3n) is 3.14. The number of carbonyl (C=O) groups is 1. The van der Waals surface area contributed by atoms with Gasteiger partial charge in [0, 0.05) is 5.41 Å². The van der Waals surface area contributed by atoms with E-state index < -0.39 is 11.9 Å². The van der Waals surface area contributed by atoms with Crippen LogP contribution in [0.5, 0.6) is 0 Å². The summed E-state index contributed by atoms with van der Waals surface area (Å²) in [4.78, 5) is 10.9. The van der Waals surface area contributed by atoms with Gasteiger partial charge < -0.3 is 5.11 Å². The van der Waals surface area contributed by atoms with Crippen LogP contribution in [-0.4, -0.2) is 11.1 Å². The number of nitriles is 1. The summed E-state index contributed by atoms with van der Waals surface area (Å²) in [7, 11) is 0. The zero-order valence-electron chi connectivity index (χ0n) is 8.20. The van der Waals surface area contributed by atoms with Gasteiger partial charge >= 0.3 is 5.97 Å². The van der Waals surface area contributed by atoms with Crippen LogP contribution in [0.3, 0.4) is 0 Å². The summed E-state index contributed by atoms with van der Waals surface area (Å²) >= 11 is 0. The molecule has 0 saturated heterocycles. The van der Waals surface area contributed by atoms with Gasteiger partial charge in [-0.25, -0.2) is 0 Å². The number of aliphatic carboxylic acids is 1. The zero-order chi connectivity index (χ0) is 10.6. The van der Waals surface area contributed by atoms with Crippen molar-refractivity contribution in [1.29, 1.82) is 5.26 Å². The number of allylic oxidation sites excluding steroid dienone is 1. The maximum absolute atomic E-state index is 10.9. The molecule has 1 saturated carbocycles. The van der Waals surface area contributed by atoms with Gasteiger partial charge in [0.1, 0.15) is 5.92 Å². The molecule has 0 aliphatic heterocycles. The fourth-order valence-corrected chi connectivity index (χ4v) is 2.43. The minimum atomic E-state index is -0.990. The summed E-state index contributed by atoms with van der Waals surface area (Å²) in [5.74, 6) is -1.86. The first-order valence-electron chi connectivity index (χ1n) is 4.89. The molecule has 1 rings (SSSR count). The molecule has 1 aliphatic carbocycles. The molecule has 1 unspecified atom stereocenters. The lowest BCUT2D eigenvalue weighted by Gasteiger charge is -2.29. The fraction of sp³-hybridized carbons (Fsp3) is 0.636. The van der Waals surface area contributed by atoms with Gasteiger partial charge in [-0.05, 0) is 19.3 Å². The molecule has 0 aromatic heterocycles. The highest BCUT2D eigenvalue weighted by Gasteiger charge is 2.44. The summed E-state index contributed by atoms with van der Waals surface area (Å²) in [5, 5.41) is 17.9. The summed E-state index contributed by atoms with van der Waals surface area (Å²) < 4.78 is 0. The average Bonchev–Trinajstić information content (AvgIpc) is 2.55. The van der Waals surface area contributed by atoms with Crippen molar-refractivity contribution < 1.29 is 9.90 Å². The van der Waals surface area contributed by atoms with Gasteiger partial charge in [-0.2, -0.15) is 5.26 Å². The predicted octanol–water partition coefficient (Wildman–Crippen LogP) is 2.35. The van der Waals surface area contributed by atoms with E-state index in [2.05, 4.69) is 6.58 Å². The molecular weight excluding hydrogens is 178 g/mol. The van der Waals surface area contributed by atoms with Crippen molar-refractivity contribution in [3.8, 4) is 6.07 Å². The molecule has 76 valence electrons. The quantitative estimate of drug-likeness (QED) is 0.697. The number of nitrogens with zero attached hydrogens (tertiary/aromatic N) is 1. The van der Waals surface area contributed by atoms with Crippen molar-refractivity contribution in [2.45, 2.75) is 32.1 Å². The Balaban J connectivity index is 2.91. The molecule has 0 spiro atoms. The molecule has 1 aliphatic rings. The molecular formula is C11H15NO2. The van der Waals surface area contributed by atoms with Gasteiger partial charge in [-0.15, -0.1) is 6.58 Å². The van der Waals surface area contributed by atoms with Crippen molar-refractivity contribution >= 4 is 5.97 Å². The Hall–Kier alpha value is -1.30. The number of hydrogen-bond donors (Lipinski definition) is 1. The van der Waals surface area contributed by atoms with Crippen LogP contribution in [0.25, 0.3) is 0 Å². The molecule has 3 heteroatoms. The van der Waals surface area contributed by atoms with E-state index in [4.69, 9.17) is 10.4 Å². The maximum atomic E-state index is 10.9. The van der Waals surface area contributed by atoms with E-state index in [1.54, 1.807) is 6.08 Å². The number of rotatable bonds is 4. The molecule has 0 bridgehead atoms. The Labute approximate surface area is 84.0 Å². The number of hydrogen-bond acceptors (Lipinski definition) is 2. The fourth-order valence-electron chi connectivity index (χ4n) is 2.43. The smallest absolute Gasteiger partial charge is 0.321 e. The lowest BCUT2D eigenvalue weighted by atomic mass is 9.72. The standard InChI is InChI=1S/C11H15NO2/c1-2-5-11(6-3-4-7-11)9(8-12)10(13)14/h2,9H,1,3-7H2,(H,13,14). The van der Waals surface area contributed by atoms with Gasteiger partial charge in [0.15, 0.2) is 0 Å².